The summed E-state index contributed by atoms with van der Waals surface area (Å²) < 4.78 is 0. The lowest BCUT2D eigenvalue weighted by Crippen LogP contribution is -2.43. The molecule has 122 valence electrons. The standard InChI is InChI=1S/C18H30N4/c1-2-3-11-21-12-5-4-6-17(21)16-7-8-18(20-15-16)22-13-9-19-10-14-22/h7-8,15,17,19H,2-6,9-14H2,1H3/t17-/m1/s1. The second kappa shape index (κ2) is 7.93. The van der Waals surface area contributed by atoms with Gasteiger partial charge in [-0.05, 0) is 44.0 Å². The Morgan fingerprint density at radius 1 is 1.18 bits per heavy atom. The Hall–Kier alpha value is -1.13. The molecule has 0 amide bonds. The third-order valence-corrected chi connectivity index (χ3v) is 5.01. The van der Waals surface area contributed by atoms with Gasteiger partial charge in [-0.25, -0.2) is 4.98 Å². The van der Waals surface area contributed by atoms with E-state index < -0.39 is 0 Å². The third kappa shape index (κ3) is 3.79. The molecule has 0 saturated carbocycles. The van der Waals surface area contributed by atoms with E-state index in [1.54, 1.807) is 0 Å². The zero-order valence-electron chi connectivity index (χ0n) is 13.9. The van der Waals surface area contributed by atoms with Crippen LogP contribution in [0.5, 0.6) is 0 Å². The second-order valence-corrected chi connectivity index (χ2v) is 6.59. The number of piperidine rings is 1. The molecule has 0 aromatic carbocycles. The van der Waals surface area contributed by atoms with Crippen LogP contribution in [0.2, 0.25) is 0 Å². The van der Waals surface area contributed by atoms with Gasteiger partial charge in [-0.2, -0.15) is 0 Å². The van der Waals surface area contributed by atoms with E-state index >= 15 is 0 Å². The maximum Gasteiger partial charge on any atom is 0.128 e. The van der Waals surface area contributed by atoms with Crippen LogP contribution in [0.4, 0.5) is 5.82 Å². The highest BCUT2D eigenvalue weighted by atomic mass is 15.2. The Labute approximate surface area is 134 Å². The number of anilines is 1. The van der Waals surface area contributed by atoms with Crippen molar-refractivity contribution in [1.29, 1.82) is 0 Å². The van der Waals surface area contributed by atoms with Crippen LogP contribution in [0.15, 0.2) is 18.3 Å². The summed E-state index contributed by atoms with van der Waals surface area (Å²) in [7, 11) is 0. The molecule has 2 aliphatic heterocycles. The van der Waals surface area contributed by atoms with Crippen molar-refractivity contribution in [2.24, 2.45) is 0 Å². The highest BCUT2D eigenvalue weighted by Crippen LogP contribution is 2.31. The average Bonchev–Trinajstić information content (AvgIpc) is 2.61. The zero-order valence-corrected chi connectivity index (χ0v) is 13.9. The summed E-state index contributed by atoms with van der Waals surface area (Å²) in [6.07, 6.45) is 8.72. The Balaban J connectivity index is 1.67. The van der Waals surface area contributed by atoms with Gasteiger partial charge in [-0.15, -0.1) is 0 Å². The lowest BCUT2D eigenvalue weighted by atomic mass is 9.96. The number of nitrogens with zero attached hydrogens (tertiary/aromatic N) is 3. The van der Waals surface area contributed by atoms with E-state index in [9.17, 15) is 0 Å². The molecule has 1 aromatic heterocycles. The van der Waals surface area contributed by atoms with Gasteiger partial charge in [0.15, 0.2) is 0 Å². The SMILES string of the molecule is CCCCN1CCCC[C@@H]1c1ccc(N2CCNCC2)nc1. The summed E-state index contributed by atoms with van der Waals surface area (Å²) in [6.45, 7) is 9.04. The molecule has 0 aliphatic carbocycles. The van der Waals surface area contributed by atoms with Crippen LogP contribution >= 0.6 is 0 Å². The first-order valence-corrected chi connectivity index (χ1v) is 9.04. The van der Waals surface area contributed by atoms with Gasteiger partial charge in [0.05, 0.1) is 0 Å². The first-order valence-electron chi connectivity index (χ1n) is 9.04. The van der Waals surface area contributed by atoms with E-state index in [4.69, 9.17) is 4.98 Å². The number of piperazine rings is 1. The zero-order chi connectivity index (χ0) is 15.2. The van der Waals surface area contributed by atoms with Gasteiger partial charge in [0.1, 0.15) is 5.82 Å². The molecule has 4 heteroatoms. The van der Waals surface area contributed by atoms with Gasteiger partial charge in [0.2, 0.25) is 0 Å². The molecule has 1 atom stereocenters. The molecule has 1 N–H and O–H groups in total. The number of likely N-dealkylation sites (tertiary alicyclic amines) is 1. The maximum absolute atomic E-state index is 4.76. The van der Waals surface area contributed by atoms with Crippen molar-refractivity contribution in [3.63, 3.8) is 0 Å². The van der Waals surface area contributed by atoms with Crippen molar-refractivity contribution in [2.75, 3.05) is 44.2 Å². The fourth-order valence-electron chi connectivity index (χ4n) is 3.67. The molecular formula is C18H30N4. The van der Waals surface area contributed by atoms with Crippen molar-refractivity contribution in [3.05, 3.63) is 23.9 Å². The summed E-state index contributed by atoms with van der Waals surface area (Å²) in [4.78, 5) is 9.82. The summed E-state index contributed by atoms with van der Waals surface area (Å²) in [5.41, 5.74) is 1.41. The van der Waals surface area contributed by atoms with Crippen molar-refractivity contribution >= 4 is 5.82 Å². The first kappa shape index (κ1) is 15.8. The molecule has 2 aliphatic rings. The van der Waals surface area contributed by atoms with Crippen LogP contribution in [0.1, 0.15) is 50.6 Å². The smallest absolute Gasteiger partial charge is 0.128 e. The van der Waals surface area contributed by atoms with Crippen LogP contribution in [0.25, 0.3) is 0 Å². The van der Waals surface area contributed by atoms with Crippen molar-refractivity contribution in [3.8, 4) is 0 Å². The minimum absolute atomic E-state index is 0.588. The number of unbranched alkanes of at least 4 members (excludes halogenated alkanes) is 1. The molecule has 2 saturated heterocycles. The number of aromatic nitrogens is 1. The highest BCUT2D eigenvalue weighted by Gasteiger charge is 2.23. The first-order chi connectivity index (χ1) is 10.9. The largest absolute Gasteiger partial charge is 0.354 e. The van der Waals surface area contributed by atoms with Crippen molar-refractivity contribution < 1.29 is 0 Å². The Kier molecular flexibility index (Phi) is 5.68. The fraction of sp³-hybridized carbons (Fsp3) is 0.722. The Morgan fingerprint density at radius 2 is 2.05 bits per heavy atom. The van der Waals surface area contributed by atoms with E-state index in [1.165, 1.54) is 50.8 Å². The van der Waals surface area contributed by atoms with E-state index in [1.807, 2.05) is 0 Å². The Bertz CT molecular complexity index is 439. The number of pyridine rings is 1. The predicted molar refractivity (Wildman–Crippen MR) is 92.4 cm³/mol. The minimum atomic E-state index is 0.588. The quantitative estimate of drug-likeness (QED) is 0.906. The Morgan fingerprint density at radius 3 is 2.77 bits per heavy atom. The summed E-state index contributed by atoms with van der Waals surface area (Å²) >= 11 is 0. The molecule has 3 heterocycles. The number of nitrogens with one attached hydrogen (secondary N) is 1. The van der Waals surface area contributed by atoms with Crippen LogP contribution in [0.3, 0.4) is 0 Å². The lowest BCUT2D eigenvalue weighted by Gasteiger charge is -2.36. The molecule has 1 aromatic rings. The van der Waals surface area contributed by atoms with Crippen molar-refractivity contribution in [2.45, 2.75) is 45.1 Å². The summed E-state index contributed by atoms with van der Waals surface area (Å²) in [6, 6.07) is 5.14. The van der Waals surface area contributed by atoms with Gasteiger partial charge in [-0.1, -0.05) is 25.8 Å². The topological polar surface area (TPSA) is 31.4 Å². The average molecular weight is 302 g/mol. The summed E-state index contributed by atoms with van der Waals surface area (Å²) in [5, 5.41) is 3.40. The molecule has 0 unspecified atom stereocenters. The molecule has 4 nitrogen and oxygen atoms in total. The molecule has 3 rings (SSSR count). The van der Waals surface area contributed by atoms with E-state index in [0.29, 0.717) is 6.04 Å². The van der Waals surface area contributed by atoms with Gasteiger partial charge < -0.3 is 10.2 Å². The van der Waals surface area contributed by atoms with Crippen LogP contribution in [0, 0.1) is 0 Å². The fourth-order valence-corrected chi connectivity index (χ4v) is 3.67. The van der Waals surface area contributed by atoms with Gasteiger partial charge >= 0.3 is 0 Å². The molecule has 2 fully saturated rings. The van der Waals surface area contributed by atoms with Crippen LogP contribution in [-0.4, -0.2) is 49.2 Å². The number of hydrogen-bond acceptors (Lipinski definition) is 4. The van der Waals surface area contributed by atoms with E-state index in [2.05, 4.69) is 40.4 Å². The highest BCUT2D eigenvalue weighted by molar-refractivity contribution is 5.40. The van der Waals surface area contributed by atoms with Crippen LogP contribution in [-0.2, 0) is 0 Å². The minimum Gasteiger partial charge on any atom is -0.354 e. The van der Waals surface area contributed by atoms with Crippen LogP contribution < -0.4 is 10.2 Å². The summed E-state index contributed by atoms with van der Waals surface area (Å²) in [5.74, 6) is 1.14. The van der Waals surface area contributed by atoms with Crippen molar-refractivity contribution in [1.82, 2.24) is 15.2 Å². The van der Waals surface area contributed by atoms with Gasteiger partial charge in [-0.3, -0.25) is 4.90 Å². The number of hydrogen-bond donors (Lipinski definition) is 1. The van der Waals surface area contributed by atoms with Gasteiger partial charge in [0.25, 0.3) is 0 Å². The molecule has 0 bridgehead atoms. The van der Waals surface area contributed by atoms with E-state index in [0.717, 1.165) is 32.0 Å². The third-order valence-electron chi connectivity index (χ3n) is 5.01. The molecule has 0 radical (unpaired) electrons. The van der Waals surface area contributed by atoms with E-state index in [-0.39, 0.29) is 0 Å². The predicted octanol–water partition coefficient (Wildman–Crippen LogP) is 2.82. The lowest BCUT2D eigenvalue weighted by molar-refractivity contribution is 0.146. The van der Waals surface area contributed by atoms with Gasteiger partial charge in [0, 0.05) is 38.4 Å². The second-order valence-electron chi connectivity index (χ2n) is 6.59. The normalized spacial score (nSPS) is 23.7. The number of rotatable bonds is 5. The monoisotopic (exact) mass is 302 g/mol. The molecule has 0 spiro atoms. The maximum atomic E-state index is 4.76. The molecule has 22 heavy (non-hydrogen) atoms. The molecular weight excluding hydrogens is 272 g/mol.